The predicted molar refractivity (Wildman–Crippen MR) is 115 cm³/mol. The quantitative estimate of drug-likeness (QED) is 0.504. The highest BCUT2D eigenvalue weighted by Gasteiger charge is 2.29. The van der Waals surface area contributed by atoms with E-state index in [9.17, 15) is 4.79 Å². The Balaban J connectivity index is 1.49. The Kier molecular flexibility index (Phi) is 4.33. The van der Waals surface area contributed by atoms with Crippen LogP contribution >= 0.6 is 0 Å². The molecule has 1 fully saturated rings. The van der Waals surface area contributed by atoms with Crippen LogP contribution in [0.1, 0.15) is 21.8 Å². The lowest BCUT2D eigenvalue weighted by Crippen LogP contribution is -2.27. The van der Waals surface area contributed by atoms with Crippen LogP contribution in [0.5, 0.6) is 0 Å². The molecule has 6 heteroatoms. The van der Waals surface area contributed by atoms with E-state index < -0.39 is 5.91 Å². The van der Waals surface area contributed by atoms with Crippen molar-refractivity contribution in [3.63, 3.8) is 0 Å². The summed E-state index contributed by atoms with van der Waals surface area (Å²) in [5.41, 5.74) is 9.81. The molecule has 2 unspecified atom stereocenters. The standard InChI is InChI=1S/C23H21N5O/c24-23(29)17-7-8-19(16-4-2-10-27-22(16)17)28-21-13-25-12-18(21)15-6-5-14-3-1-9-26-20(14)11-15/h1-11,18,21,25,28H,12-13H2,(H2,24,29). The second-order valence-electron chi connectivity index (χ2n) is 7.40. The summed E-state index contributed by atoms with van der Waals surface area (Å²) < 4.78 is 0. The Morgan fingerprint density at radius 2 is 1.90 bits per heavy atom. The Labute approximate surface area is 168 Å². The van der Waals surface area contributed by atoms with Gasteiger partial charge in [-0.1, -0.05) is 18.2 Å². The van der Waals surface area contributed by atoms with E-state index in [1.165, 1.54) is 5.56 Å². The molecule has 1 aliphatic rings. The monoisotopic (exact) mass is 383 g/mol. The van der Waals surface area contributed by atoms with Gasteiger partial charge >= 0.3 is 0 Å². The van der Waals surface area contributed by atoms with Crippen LogP contribution in [0.2, 0.25) is 0 Å². The zero-order chi connectivity index (χ0) is 19.8. The highest BCUT2D eigenvalue weighted by Crippen LogP contribution is 2.31. The van der Waals surface area contributed by atoms with Crippen molar-refractivity contribution in [3.05, 3.63) is 78.1 Å². The first kappa shape index (κ1) is 17.6. The van der Waals surface area contributed by atoms with E-state index in [1.54, 1.807) is 12.3 Å². The van der Waals surface area contributed by atoms with Gasteiger partial charge in [-0.15, -0.1) is 0 Å². The van der Waals surface area contributed by atoms with Crippen LogP contribution in [0.4, 0.5) is 5.69 Å². The van der Waals surface area contributed by atoms with Crippen molar-refractivity contribution in [1.82, 2.24) is 15.3 Å². The normalized spacial score (nSPS) is 18.9. The van der Waals surface area contributed by atoms with Gasteiger partial charge in [-0.25, -0.2) is 0 Å². The molecular formula is C23H21N5O. The molecule has 3 heterocycles. The Morgan fingerprint density at radius 3 is 2.79 bits per heavy atom. The minimum Gasteiger partial charge on any atom is -0.380 e. The number of benzene rings is 2. The molecule has 0 saturated carbocycles. The van der Waals surface area contributed by atoms with Crippen LogP contribution < -0.4 is 16.4 Å². The highest BCUT2D eigenvalue weighted by atomic mass is 16.1. The number of aromatic nitrogens is 2. The van der Waals surface area contributed by atoms with Crippen molar-refractivity contribution in [2.45, 2.75) is 12.0 Å². The van der Waals surface area contributed by atoms with Crippen molar-refractivity contribution in [2.75, 3.05) is 18.4 Å². The molecule has 144 valence electrons. The average molecular weight is 383 g/mol. The number of pyridine rings is 2. The lowest BCUT2D eigenvalue weighted by atomic mass is 9.93. The topological polar surface area (TPSA) is 92.9 Å². The third-order valence-corrected chi connectivity index (χ3v) is 5.65. The van der Waals surface area contributed by atoms with Crippen molar-refractivity contribution in [3.8, 4) is 0 Å². The lowest BCUT2D eigenvalue weighted by Gasteiger charge is -2.23. The van der Waals surface area contributed by atoms with E-state index in [0.29, 0.717) is 17.0 Å². The van der Waals surface area contributed by atoms with Gasteiger partial charge in [0.05, 0.1) is 16.6 Å². The molecule has 4 aromatic rings. The second kappa shape index (κ2) is 7.14. The molecule has 0 radical (unpaired) electrons. The molecule has 0 spiro atoms. The molecule has 1 aliphatic heterocycles. The molecule has 0 bridgehead atoms. The fraction of sp³-hybridized carbons (Fsp3) is 0.174. The van der Waals surface area contributed by atoms with Gasteiger partial charge in [-0.3, -0.25) is 14.8 Å². The third-order valence-electron chi connectivity index (χ3n) is 5.65. The molecular weight excluding hydrogens is 362 g/mol. The van der Waals surface area contributed by atoms with Gasteiger partial charge in [0.15, 0.2) is 0 Å². The molecule has 5 rings (SSSR count). The van der Waals surface area contributed by atoms with E-state index in [0.717, 1.165) is 35.1 Å². The van der Waals surface area contributed by atoms with Crippen LogP contribution in [0.15, 0.2) is 67.0 Å². The molecule has 29 heavy (non-hydrogen) atoms. The second-order valence-corrected chi connectivity index (χ2v) is 7.40. The van der Waals surface area contributed by atoms with Gasteiger partial charge in [0, 0.05) is 53.9 Å². The first-order chi connectivity index (χ1) is 14.2. The molecule has 4 N–H and O–H groups in total. The number of anilines is 1. The number of carbonyl (C=O) groups is 1. The number of carbonyl (C=O) groups excluding carboxylic acids is 1. The summed E-state index contributed by atoms with van der Waals surface area (Å²) in [7, 11) is 0. The fourth-order valence-corrected chi connectivity index (χ4v) is 4.19. The summed E-state index contributed by atoms with van der Waals surface area (Å²) in [6.45, 7) is 1.75. The summed E-state index contributed by atoms with van der Waals surface area (Å²) >= 11 is 0. The van der Waals surface area contributed by atoms with Gasteiger partial charge in [-0.2, -0.15) is 0 Å². The van der Waals surface area contributed by atoms with Crippen LogP contribution in [-0.4, -0.2) is 35.0 Å². The van der Waals surface area contributed by atoms with Crippen molar-refractivity contribution >= 4 is 33.4 Å². The average Bonchev–Trinajstić information content (AvgIpc) is 3.21. The summed E-state index contributed by atoms with van der Waals surface area (Å²) in [6.07, 6.45) is 3.51. The maximum Gasteiger partial charge on any atom is 0.250 e. The van der Waals surface area contributed by atoms with E-state index >= 15 is 0 Å². The Bertz CT molecular complexity index is 1220. The number of primary amides is 1. The fourth-order valence-electron chi connectivity index (χ4n) is 4.19. The van der Waals surface area contributed by atoms with Crippen LogP contribution in [0, 0.1) is 0 Å². The van der Waals surface area contributed by atoms with Crippen LogP contribution in [-0.2, 0) is 0 Å². The molecule has 6 nitrogen and oxygen atoms in total. The first-order valence-corrected chi connectivity index (χ1v) is 9.70. The molecule has 0 aliphatic carbocycles. The van der Waals surface area contributed by atoms with Gasteiger partial charge in [-0.05, 0) is 42.0 Å². The number of rotatable bonds is 4. The zero-order valence-corrected chi connectivity index (χ0v) is 15.8. The molecule has 1 amide bonds. The van der Waals surface area contributed by atoms with Gasteiger partial charge in [0.1, 0.15) is 0 Å². The van der Waals surface area contributed by atoms with E-state index in [4.69, 9.17) is 5.73 Å². The SMILES string of the molecule is NC(=O)c1ccc(NC2CNCC2c2ccc3cccnc3c2)c2cccnc12. The molecule has 2 aromatic carbocycles. The lowest BCUT2D eigenvalue weighted by molar-refractivity contribution is 0.100. The number of nitrogens with one attached hydrogen (secondary N) is 2. The summed E-state index contributed by atoms with van der Waals surface area (Å²) in [6, 6.07) is 18.2. The molecule has 2 atom stereocenters. The smallest absolute Gasteiger partial charge is 0.250 e. The van der Waals surface area contributed by atoms with Gasteiger partial charge in [0.2, 0.25) is 0 Å². The summed E-state index contributed by atoms with van der Waals surface area (Å²) in [5, 5.41) is 9.21. The number of fused-ring (bicyclic) bond motifs is 2. The molecule has 1 saturated heterocycles. The number of nitrogens with two attached hydrogens (primary N) is 1. The third kappa shape index (κ3) is 3.17. The maximum atomic E-state index is 11.8. The molecule has 2 aromatic heterocycles. The minimum atomic E-state index is -0.468. The van der Waals surface area contributed by atoms with Gasteiger partial charge in [0.25, 0.3) is 5.91 Å². The Morgan fingerprint density at radius 1 is 1.03 bits per heavy atom. The predicted octanol–water partition coefficient (Wildman–Crippen LogP) is 3.05. The van der Waals surface area contributed by atoms with E-state index in [-0.39, 0.29) is 6.04 Å². The highest BCUT2D eigenvalue weighted by molar-refractivity contribution is 6.08. The Hall–Kier alpha value is -3.51. The number of hydrogen-bond acceptors (Lipinski definition) is 5. The minimum absolute atomic E-state index is 0.207. The summed E-state index contributed by atoms with van der Waals surface area (Å²) in [4.78, 5) is 20.6. The van der Waals surface area contributed by atoms with Crippen molar-refractivity contribution in [1.29, 1.82) is 0 Å². The van der Waals surface area contributed by atoms with Crippen molar-refractivity contribution in [2.24, 2.45) is 5.73 Å². The number of amides is 1. The maximum absolute atomic E-state index is 11.8. The zero-order valence-electron chi connectivity index (χ0n) is 15.8. The van der Waals surface area contributed by atoms with Crippen LogP contribution in [0.25, 0.3) is 21.8 Å². The van der Waals surface area contributed by atoms with Gasteiger partial charge < -0.3 is 16.4 Å². The first-order valence-electron chi connectivity index (χ1n) is 9.70. The van der Waals surface area contributed by atoms with E-state index in [1.807, 2.05) is 30.5 Å². The summed E-state index contributed by atoms with van der Waals surface area (Å²) in [5.74, 6) is -0.159. The van der Waals surface area contributed by atoms with Crippen LogP contribution in [0.3, 0.4) is 0 Å². The van der Waals surface area contributed by atoms with E-state index in [2.05, 4.69) is 44.9 Å². The number of hydrogen-bond donors (Lipinski definition) is 3. The van der Waals surface area contributed by atoms with Crippen molar-refractivity contribution < 1.29 is 4.79 Å². The largest absolute Gasteiger partial charge is 0.380 e. The number of nitrogens with zero attached hydrogens (tertiary/aromatic N) is 2.